The number of carbonyl (C=O) groups excluding carboxylic acids is 1. The van der Waals surface area contributed by atoms with Crippen LogP contribution >= 0.6 is 0 Å². The van der Waals surface area contributed by atoms with Crippen LogP contribution in [-0.2, 0) is 7.05 Å². The van der Waals surface area contributed by atoms with Crippen LogP contribution in [0.5, 0.6) is 5.95 Å². The molecule has 1 aliphatic rings. The summed E-state index contributed by atoms with van der Waals surface area (Å²) in [5.74, 6) is 1.24. The van der Waals surface area contributed by atoms with E-state index in [0.717, 1.165) is 12.8 Å². The summed E-state index contributed by atoms with van der Waals surface area (Å²) >= 11 is 0. The van der Waals surface area contributed by atoms with Gasteiger partial charge in [-0.2, -0.15) is 0 Å². The number of furan rings is 1. The number of aliphatic hydroxyl groups is 1. The number of hydrogen-bond donors (Lipinski definition) is 1. The Hall–Kier alpha value is -2.28. The van der Waals surface area contributed by atoms with Crippen LogP contribution in [0.3, 0.4) is 0 Å². The Morgan fingerprint density at radius 1 is 1.43 bits per heavy atom. The van der Waals surface area contributed by atoms with Gasteiger partial charge in [0.25, 0.3) is 11.9 Å². The van der Waals surface area contributed by atoms with E-state index in [-0.39, 0.29) is 17.6 Å². The Bertz CT molecular complexity index is 670. The van der Waals surface area contributed by atoms with Crippen LogP contribution in [0.2, 0.25) is 0 Å². The highest BCUT2D eigenvalue weighted by atomic mass is 16.6. The number of piperidine rings is 1. The van der Waals surface area contributed by atoms with E-state index in [1.165, 1.54) is 7.11 Å². The standard InChI is InChI=1S/C16H21N3O4/c1-18-10-7-17-15(18)14(20)11-5-8-19(9-6-11)16(21)12-3-4-13(22-2)23-12/h3-4,7,10-11,14,20H,5-6,8-9H2,1-2H3. The predicted molar refractivity (Wildman–Crippen MR) is 82.1 cm³/mol. The van der Waals surface area contributed by atoms with Gasteiger partial charge >= 0.3 is 0 Å². The lowest BCUT2D eigenvalue weighted by Crippen LogP contribution is -2.39. The molecule has 0 radical (unpaired) electrons. The van der Waals surface area contributed by atoms with Crippen molar-refractivity contribution in [3.05, 3.63) is 36.1 Å². The van der Waals surface area contributed by atoms with Crippen LogP contribution in [0.15, 0.2) is 28.9 Å². The van der Waals surface area contributed by atoms with E-state index in [0.29, 0.717) is 24.9 Å². The minimum absolute atomic E-state index is 0.103. The Kier molecular flexibility index (Phi) is 4.38. The second kappa shape index (κ2) is 6.45. The first-order valence-corrected chi connectivity index (χ1v) is 7.68. The van der Waals surface area contributed by atoms with Crippen LogP contribution in [0.25, 0.3) is 0 Å². The zero-order valence-corrected chi connectivity index (χ0v) is 13.3. The molecule has 3 heterocycles. The summed E-state index contributed by atoms with van der Waals surface area (Å²) in [6.45, 7) is 1.18. The fraction of sp³-hybridized carbons (Fsp3) is 0.500. The molecule has 3 rings (SSSR count). The molecule has 1 amide bonds. The summed E-state index contributed by atoms with van der Waals surface area (Å²) in [5.41, 5.74) is 0. The second-order valence-corrected chi connectivity index (χ2v) is 5.79. The molecule has 1 N–H and O–H groups in total. The van der Waals surface area contributed by atoms with Gasteiger partial charge < -0.3 is 23.7 Å². The van der Waals surface area contributed by atoms with Gasteiger partial charge in [-0.15, -0.1) is 0 Å². The molecule has 1 aliphatic heterocycles. The van der Waals surface area contributed by atoms with E-state index >= 15 is 0 Å². The Balaban J connectivity index is 1.60. The number of rotatable bonds is 4. The van der Waals surface area contributed by atoms with Crippen molar-refractivity contribution in [2.24, 2.45) is 13.0 Å². The van der Waals surface area contributed by atoms with Crippen molar-refractivity contribution >= 4 is 5.91 Å². The quantitative estimate of drug-likeness (QED) is 0.926. The fourth-order valence-corrected chi connectivity index (χ4v) is 2.99. The number of hydrogen-bond acceptors (Lipinski definition) is 5. The average Bonchev–Trinajstić information content (AvgIpc) is 3.22. The lowest BCUT2D eigenvalue weighted by molar-refractivity contribution is 0.0400. The number of nitrogens with zero attached hydrogens (tertiary/aromatic N) is 3. The number of amides is 1. The van der Waals surface area contributed by atoms with Gasteiger partial charge in [-0.1, -0.05) is 0 Å². The first-order chi connectivity index (χ1) is 11.1. The van der Waals surface area contributed by atoms with Crippen molar-refractivity contribution in [1.82, 2.24) is 14.5 Å². The monoisotopic (exact) mass is 319 g/mol. The molecular weight excluding hydrogens is 298 g/mol. The molecule has 7 heteroatoms. The molecule has 1 fully saturated rings. The van der Waals surface area contributed by atoms with Gasteiger partial charge in [0.2, 0.25) is 0 Å². The third-order valence-corrected chi connectivity index (χ3v) is 4.39. The van der Waals surface area contributed by atoms with Crippen molar-refractivity contribution in [3.8, 4) is 5.95 Å². The highest BCUT2D eigenvalue weighted by Gasteiger charge is 2.31. The molecule has 2 aromatic heterocycles. The van der Waals surface area contributed by atoms with Gasteiger partial charge in [0.1, 0.15) is 11.9 Å². The van der Waals surface area contributed by atoms with Gasteiger partial charge in [-0.25, -0.2) is 4.98 Å². The van der Waals surface area contributed by atoms with Crippen LogP contribution in [0.4, 0.5) is 0 Å². The number of methoxy groups -OCH3 is 1. The number of aromatic nitrogens is 2. The number of ether oxygens (including phenoxy) is 1. The number of aliphatic hydroxyl groups excluding tert-OH is 1. The van der Waals surface area contributed by atoms with Crippen molar-refractivity contribution in [2.45, 2.75) is 18.9 Å². The minimum atomic E-state index is -0.601. The SMILES string of the molecule is COc1ccc(C(=O)N2CCC(C(O)c3nccn3C)CC2)o1. The number of aryl methyl sites for hydroxylation is 1. The molecule has 0 bridgehead atoms. The molecule has 2 aromatic rings. The lowest BCUT2D eigenvalue weighted by Gasteiger charge is -2.33. The normalized spacial score (nSPS) is 17.3. The van der Waals surface area contributed by atoms with Crippen LogP contribution < -0.4 is 4.74 Å². The molecular formula is C16H21N3O4. The van der Waals surface area contributed by atoms with Gasteiger partial charge in [-0.05, 0) is 24.8 Å². The summed E-state index contributed by atoms with van der Waals surface area (Å²) in [4.78, 5) is 18.3. The predicted octanol–water partition coefficient (Wildman–Crippen LogP) is 1.61. The highest BCUT2D eigenvalue weighted by Crippen LogP contribution is 2.30. The Morgan fingerprint density at radius 3 is 2.74 bits per heavy atom. The Morgan fingerprint density at radius 2 is 2.17 bits per heavy atom. The zero-order valence-electron chi connectivity index (χ0n) is 13.3. The zero-order chi connectivity index (χ0) is 16.4. The molecule has 23 heavy (non-hydrogen) atoms. The molecule has 1 unspecified atom stereocenters. The van der Waals surface area contributed by atoms with Gasteiger partial charge in [0.15, 0.2) is 5.76 Å². The van der Waals surface area contributed by atoms with Crippen LogP contribution in [0, 0.1) is 5.92 Å². The molecule has 0 aliphatic carbocycles. The molecule has 124 valence electrons. The minimum Gasteiger partial charge on any atom is -0.468 e. The van der Waals surface area contributed by atoms with E-state index in [1.807, 2.05) is 17.8 Å². The van der Waals surface area contributed by atoms with Gasteiger partial charge in [0.05, 0.1) is 7.11 Å². The average molecular weight is 319 g/mol. The third-order valence-electron chi connectivity index (χ3n) is 4.39. The van der Waals surface area contributed by atoms with E-state index in [9.17, 15) is 9.90 Å². The summed E-state index contributed by atoms with van der Waals surface area (Å²) in [6.07, 6.45) is 4.37. The number of carbonyl (C=O) groups is 1. The highest BCUT2D eigenvalue weighted by molar-refractivity contribution is 5.91. The van der Waals surface area contributed by atoms with E-state index < -0.39 is 6.10 Å². The molecule has 1 atom stereocenters. The molecule has 0 aromatic carbocycles. The van der Waals surface area contributed by atoms with E-state index in [1.54, 1.807) is 23.2 Å². The number of imidazole rings is 1. The molecule has 7 nitrogen and oxygen atoms in total. The first kappa shape index (κ1) is 15.6. The van der Waals surface area contributed by atoms with Crippen molar-refractivity contribution in [2.75, 3.05) is 20.2 Å². The van der Waals surface area contributed by atoms with E-state index in [4.69, 9.17) is 9.15 Å². The van der Waals surface area contributed by atoms with Crippen molar-refractivity contribution in [3.63, 3.8) is 0 Å². The molecule has 0 saturated carbocycles. The summed E-state index contributed by atoms with van der Waals surface area (Å²) < 4.78 is 12.1. The number of likely N-dealkylation sites (tertiary alicyclic amines) is 1. The summed E-state index contributed by atoms with van der Waals surface area (Å²) in [7, 11) is 3.37. The van der Waals surface area contributed by atoms with Crippen molar-refractivity contribution < 1.29 is 19.1 Å². The Labute approximate surface area is 134 Å². The van der Waals surface area contributed by atoms with Gasteiger partial charge in [0, 0.05) is 38.6 Å². The fourth-order valence-electron chi connectivity index (χ4n) is 2.99. The lowest BCUT2D eigenvalue weighted by atomic mass is 9.90. The molecule has 1 saturated heterocycles. The second-order valence-electron chi connectivity index (χ2n) is 5.79. The van der Waals surface area contributed by atoms with E-state index in [2.05, 4.69) is 4.98 Å². The maximum Gasteiger partial charge on any atom is 0.289 e. The summed E-state index contributed by atoms with van der Waals surface area (Å²) in [5, 5.41) is 10.5. The maximum atomic E-state index is 12.4. The topological polar surface area (TPSA) is 80.7 Å². The van der Waals surface area contributed by atoms with Crippen molar-refractivity contribution in [1.29, 1.82) is 0 Å². The smallest absolute Gasteiger partial charge is 0.289 e. The summed E-state index contributed by atoms with van der Waals surface area (Å²) in [6, 6.07) is 3.25. The van der Waals surface area contributed by atoms with Crippen LogP contribution in [-0.4, -0.2) is 45.7 Å². The third kappa shape index (κ3) is 3.10. The first-order valence-electron chi connectivity index (χ1n) is 7.68. The molecule has 0 spiro atoms. The maximum absolute atomic E-state index is 12.4. The van der Waals surface area contributed by atoms with Gasteiger partial charge in [-0.3, -0.25) is 4.79 Å². The van der Waals surface area contributed by atoms with Crippen LogP contribution in [0.1, 0.15) is 35.3 Å². The largest absolute Gasteiger partial charge is 0.468 e.